The van der Waals surface area contributed by atoms with Crippen LogP contribution in [0.2, 0.25) is 0 Å². The van der Waals surface area contributed by atoms with E-state index in [1.54, 1.807) is 4.68 Å². The smallest absolute Gasteiger partial charge is 0.251 e. The lowest BCUT2D eigenvalue weighted by Gasteiger charge is -2.06. The largest absolute Gasteiger partial charge is 0.454 e. The highest BCUT2D eigenvalue weighted by molar-refractivity contribution is 5.94. The van der Waals surface area contributed by atoms with Crippen molar-refractivity contribution in [3.63, 3.8) is 0 Å². The number of carbonyl (C=O) groups excluding carboxylic acids is 1. The van der Waals surface area contributed by atoms with Gasteiger partial charge in [-0.3, -0.25) is 9.48 Å². The van der Waals surface area contributed by atoms with Gasteiger partial charge in [-0.05, 0) is 74.4 Å². The van der Waals surface area contributed by atoms with Crippen LogP contribution in [0, 0.1) is 0 Å². The minimum atomic E-state index is -0.0723. The average Bonchev–Trinajstić information content (AvgIpc) is 3.69. The van der Waals surface area contributed by atoms with Gasteiger partial charge in [0.25, 0.3) is 5.91 Å². The van der Waals surface area contributed by atoms with Gasteiger partial charge in [0.05, 0.1) is 17.9 Å². The first-order valence-electron chi connectivity index (χ1n) is 13.6. The predicted molar refractivity (Wildman–Crippen MR) is 149 cm³/mol. The Balaban J connectivity index is 1.05. The second-order valence-corrected chi connectivity index (χ2v) is 9.75. The average molecular weight is 530 g/mol. The van der Waals surface area contributed by atoms with Crippen LogP contribution in [-0.4, -0.2) is 44.2 Å². The molecule has 0 spiro atoms. The fourth-order valence-electron chi connectivity index (χ4n) is 4.65. The molecule has 0 atom stereocenters. The summed E-state index contributed by atoms with van der Waals surface area (Å²) in [5.74, 6) is 1.79. The fraction of sp³-hybridized carbons (Fsp3) is 0.379. The number of fused-ring (bicyclic) bond motifs is 1. The molecule has 0 aliphatic carbocycles. The monoisotopic (exact) mass is 529 g/mol. The molecule has 1 aliphatic heterocycles. The van der Waals surface area contributed by atoms with Gasteiger partial charge in [0.15, 0.2) is 17.4 Å². The van der Waals surface area contributed by atoms with Gasteiger partial charge < -0.3 is 25.5 Å². The van der Waals surface area contributed by atoms with E-state index in [1.807, 2.05) is 48.7 Å². The number of amides is 1. The molecule has 10 heteroatoms. The Morgan fingerprint density at radius 2 is 1.87 bits per heavy atom. The van der Waals surface area contributed by atoms with E-state index in [1.165, 1.54) is 5.56 Å². The van der Waals surface area contributed by atoms with Crippen LogP contribution >= 0.6 is 0 Å². The van der Waals surface area contributed by atoms with Crippen molar-refractivity contribution in [3.8, 4) is 22.8 Å². The van der Waals surface area contributed by atoms with E-state index in [2.05, 4.69) is 32.5 Å². The van der Waals surface area contributed by atoms with E-state index in [0.717, 1.165) is 79.1 Å². The number of hydrogen-bond acceptors (Lipinski definition) is 7. The Morgan fingerprint density at radius 3 is 2.72 bits per heavy atom. The van der Waals surface area contributed by atoms with E-state index < -0.39 is 0 Å². The Kier molecular flexibility index (Phi) is 8.40. The Labute approximate surface area is 227 Å². The zero-order valence-electron chi connectivity index (χ0n) is 22.3. The van der Waals surface area contributed by atoms with Crippen molar-refractivity contribution in [2.45, 2.75) is 58.4 Å². The van der Waals surface area contributed by atoms with Crippen molar-refractivity contribution in [2.75, 3.05) is 19.1 Å². The number of rotatable bonds is 13. The number of nitrogens with two attached hydrogens (primary N) is 1. The van der Waals surface area contributed by atoms with Crippen molar-refractivity contribution < 1.29 is 14.3 Å². The highest BCUT2D eigenvalue weighted by Crippen LogP contribution is 2.36. The highest BCUT2D eigenvalue weighted by atomic mass is 16.7. The van der Waals surface area contributed by atoms with Gasteiger partial charge in [0.1, 0.15) is 0 Å². The van der Waals surface area contributed by atoms with E-state index in [9.17, 15) is 4.79 Å². The van der Waals surface area contributed by atoms with Crippen molar-refractivity contribution >= 4 is 11.9 Å². The molecule has 10 nitrogen and oxygen atoms in total. The van der Waals surface area contributed by atoms with Crippen molar-refractivity contribution in [3.05, 3.63) is 71.2 Å². The number of unbranched alkanes of at least 4 members (excludes halogenated alkanes) is 2. The van der Waals surface area contributed by atoms with Crippen LogP contribution in [-0.2, 0) is 25.8 Å². The number of carbonyl (C=O) groups is 1. The number of nitrogens with one attached hydrogen (secondary N) is 2. The standard InChI is InChI=1S/C29H35N7O3/c1-2-3-6-20-9-11-21(12-10-20)28(37)31-15-16-36-18-23(34-35-36)7-4-5-8-24-27(33-29(30)32-24)22-13-14-25-26(17-22)39-19-38-25/h9-14,17-18H,2-8,15-16,19H2,1H3,(H,31,37)(H3,30,32,33). The first-order valence-corrected chi connectivity index (χ1v) is 13.6. The van der Waals surface area contributed by atoms with Gasteiger partial charge in [-0.15, -0.1) is 5.10 Å². The maximum Gasteiger partial charge on any atom is 0.251 e. The predicted octanol–water partition coefficient (Wildman–Crippen LogP) is 4.32. The topological polar surface area (TPSA) is 133 Å². The van der Waals surface area contributed by atoms with E-state index >= 15 is 0 Å². The van der Waals surface area contributed by atoms with Crippen molar-refractivity contribution in [1.82, 2.24) is 30.3 Å². The van der Waals surface area contributed by atoms with Crippen LogP contribution in [0.15, 0.2) is 48.7 Å². The summed E-state index contributed by atoms with van der Waals surface area (Å²) in [6.45, 7) is 3.47. The molecule has 0 unspecified atom stereocenters. The maximum atomic E-state index is 12.4. The summed E-state index contributed by atoms with van der Waals surface area (Å²) in [7, 11) is 0. The van der Waals surface area contributed by atoms with Crippen LogP contribution in [0.3, 0.4) is 0 Å². The molecule has 2 aromatic heterocycles. The number of aryl methyl sites for hydroxylation is 3. The first-order chi connectivity index (χ1) is 19.1. The van der Waals surface area contributed by atoms with Gasteiger partial charge in [-0.25, -0.2) is 4.98 Å². The summed E-state index contributed by atoms with van der Waals surface area (Å²) in [6, 6.07) is 13.7. The SMILES string of the molecule is CCCCc1ccc(C(=O)NCCn2cc(CCCCc3[nH]c(N)nc3-c3ccc4c(c3)OCO4)nn2)cc1. The summed E-state index contributed by atoms with van der Waals surface area (Å²) < 4.78 is 12.7. The second kappa shape index (κ2) is 12.5. The number of H-pyrrole nitrogens is 1. The van der Waals surface area contributed by atoms with Gasteiger partial charge in [-0.2, -0.15) is 0 Å². The van der Waals surface area contributed by atoms with E-state index in [4.69, 9.17) is 15.2 Å². The zero-order chi connectivity index (χ0) is 27.0. The molecule has 3 heterocycles. The Hall–Kier alpha value is -4.34. The summed E-state index contributed by atoms with van der Waals surface area (Å²) >= 11 is 0. The molecule has 204 valence electrons. The van der Waals surface area contributed by atoms with E-state index in [0.29, 0.717) is 24.6 Å². The lowest BCUT2D eigenvalue weighted by atomic mass is 10.0. The van der Waals surface area contributed by atoms with Gasteiger partial charge in [0, 0.05) is 29.6 Å². The summed E-state index contributed by atoms with van der Waals surface area (Å²) in [4.78, 5) is 20.1. The van der Waals surface area contributed by atoms with Crippen LogP contribution in [0.5, 0.6) is 11.5 Å². The van der Waals surface area contributed by atoms with Crippen molar-refractivity contribution in [2.24, 2.45) is 0 Å². The third kappa shape index (κ3) is 6.76. The lowest BCUT2D eigenvalue weighted by Crippen LogP contribution is -2.27. The highest BCUT2D eigenvalue weighted by Gasteiger charge is 2.17. The third-order valence-electron chi connectivity index (χ3n) is 6.80. The number of aromatic nitrogens is 5. The van der Waals surface area contributed by atoms with E-state index in [-0.39, 0.29) is 12.7 Å². The number of anilines is 1. The molecule has 4 N–H and O–H groups in total. The summed E-state index contributed by atoms with van der Waals surface area (Å²) in [6.07, 6.45) is 8.84. The minimum Gasteiger partial charge on any atom is -0.454 e. The van der Waals surface area contributed by atoms with Crippen LogP contribution in [0.25, 0.3) is 11.3 Å². The normalized spacial score (nSPS) is 12.1. The molecule has 0 saturated carbocycles. The molecule has 4 aromatic rings. The van der Waals surface area contributed by atoms with Crippen molar-refractivity contribution in [1.29, 1.82) is 0 Å². The molecule has 0 bridgehead atoms. The number of aromatic amines is 1. The van der Waals surface area contributed by atoms with Gasteiger partial charge in [-0.1, -0.05) is 30.7 Å². The molecule has 2 aromatic carbocycles. The quantitative estimate of drug-likeness (QED) is 0.220. The molecule has 0 fully saturated rings. The maximum absolute atomic E-state index is 12.4. The Morgan fingerprint density at radius 1 is 1.05 bits per heavy atom. The lowest BCUT2D eigenvalue weighted by molar-refractivity contribution is 0.0952. The number of hydrogen-bond donors (Lipinski definition) is 3. The first kappa shape index (κ1) is 26.3. The Bertz CT molecular complexity index is 1390. The summed E-state index contributed by atoms with van der Waals surface area (Å²) in [5, 5.41) is 11.5. The molecule has 1 amide bonds. The van der Waals surface area contributed by atoms with Crippen LogP contribution < -0.4 is 20.5 Å². The molecule has 1 aliphatic rings. The molecular formula is C29H35N7O3. The van der Waals surface area contributed by atoms with Gasteiger partial charge in [0.2, 0.25) is 6.79 Å². The third-order valence-corrected chi connectivity index (χ3v) is 6.80. The number of imidazole rings is 1. The number of nitrogen functional groups attached to an aromatic ring is 1. The number of ether oxygens (including phenoxy) is 2. The number of benzene rings is 2. The minimum absolute atomic E-state index is 0.0723. The number of nitrogens with zero attached hydrogens (tertiary/aromatic N) is 4. The second-order valence-electron chi connectivity index (χ2n) is 9.75. The molecule has 0 radical (unpaired) electrons. The van der Waals surface area contributed by atoms with Crippen LogP contribution in [0.1, 0.15) is 59.9 Å². The van der Waals surface area contributed by atoms with Crippen LogP contribution in [0.4, 0.5) is 5.95 Å². The fourth-order valence-corrected chi connectivity index (χ4v) is 4.65. The zero-order valence-corrected chi connectivity index (χ0v) is 22.3. The molecule has 5 rings (SSSR count). The van der Waals surface area contributed by atoms with Gasteiger partial charge >= 0.3 is 0 Å². The molecule has 39 heavy (non-hydrogen) atoms. The molecular weight excluding hydrogens is 494 g/mol. The molecule has 0 saturated heterocycles. The summed E-state index contributed by atoms with van der Waals surface area (Å²) in [5.41, 5.74) is 11.6.